The fourth-order valence-corrected chi connectivity index (χ4v) is 1.81. The first-order valence-corrected chi connectivity index (χ1v) is 4.86. The minimum atomic E-state index is 0.630. The molecule has 0 aliphatic carbocycles. The maximum absolute atomic E-state index is 6.06. The van der Waals surface area contributed by atoms with Crippen molar-refractivity contribution in [1.82, 2.24) is 5.32 Å². The van der Waals surface area contributed by atoms with Crippen molar-refractivity contribution in [2.75, 3.05) is 25.0 Å². The van der Waals surface area contributed by atoms with E-state index in [-0.39, 0.29) is 0 Å². The van der Waals surface area contributed by atoms with Crippen LogP contribution in [-0.2, 0) is 0 Å². The van der Waals surface area contributed by atoms with Gasteiger partial charge in [0.25, 0.3) is 0 Å². The Morgan fingerprint density at radius 3 is 3.00 bits per heavy atom. The zero-order valence-corrected chi connectivity index (χ0v) is 8.38. The Kier molecular flexibility index (Phi) is 2.42. The Bertz CT molecular complexity index is 301. The minimum Gasteiger partial charge on any atom is -0.362 e. The summed E-state index contributed by atoms with van der Waals surface area (Å²) in [5, 5.41) is 4.01. The molecule has 0 bridgehead atoms. The van der Waals surface area contributed by atoms with E-state index in [9.17, 15) is 0 Å². The molecule has 0 aromatic heterocycles. The highest BCUT2D eigenvalue weighted by Gasteiger charge is 2.34. The first-order chi connectivity index (χ1) is 6.33. The number of anilines is 1. The number of benzene rings is 1. The SMILES string of the molecule is CNCC1CN1c1ccccc1Cl. The average Bonchev–Trinajstić information content (AvgIpc) is 2.86. The molecular formula is C10H13ClN2. The number of nitrogens with one attached hydrogen (secondary N) is 1. The molecule has 1 saturated heterocycles. The van der Waals surface area contributed by atoms with Crippen LogP contribution in [-0.4, -0.2) is 26.2 Å². The Labute approximate surface area is 83.5 Å². The number of para-hydroxylation sites is 1. The van der Waals surface area contributed by atoms with Gasteiger partial charge >= 0.3 is 0 Å². The topological polar surface area (TPSA) is 15.0 Å². The standard InChI is InChI=1S/C10H13ClN2/c1-12-6-8-7-13(8)10-5-3-2-4-9(10)11/h2-5,8,12H,6-7H2,1H3. The van der Waals surface area contributed by atoms with E-state index in [1.165, 1.54) is 0 Å². The molecule has 1 aliphatic heterocycles. The van der Waals surface area contributed by atoms with Crippen molar-refractivity contribution in [3.05, 3.63) is 29.3 Å². The molecule has 2 rings (SSSR count). The van der Waals surface area contributed by atoms with E-state index < -0.39 is 0 Å². The van der Waals surface area contributed by atoms with Gasteiger partial charge in [0.05, 0.1) is 16.8 Å². The molecule has 0 saturated carbocycles. The van der Waals surface area contributed by atoms with Crippen molar-refractivity contribution in [3.63, 3.8) is 0 Å². The Hall–Kier alpha value is -0.730. The Morgan fingerprint density at radius 2 is 2.31 bits per heavy atom. The van der Waals surface area contributed by atoms with E-state index in [0.717, 1.165) is 23.8 Å². The summed E-state index contributed by atoms with van der Waals surface area (Å²) < 4.78 is 0. The summed E-state index contributed by atoms with van der Waals surface area (Å²) in [6.07, 6.45) is 0. The average molecular weight is 197 g/mol. The van der Waals surface area contributed by atoms with Crippen LogP contribution >= 0.6 is 11.6 Å². The maximum atomic E-state index is 6.06. The number of hydrogen-bond acceptors (Lipinski definition) is 2. The Balaban J connectivity index is 2.07. The lowest BCUT2D eigenvalue weighted by atomic mass is 10.3. The van der Waals surface area contributed by atoms with Crippen molar-refractivity contribution in [2.24, 2.45) is 0 Å². The van der Waals surface area contributed by atoms with Crippen LogP contribution in [0.3, 0.4) is 0 Å². The van der Waals surface area contributed by atoms with Crippen molar-refractivity contribution in [2.45, 2.75) is 6.04 Å². The van der Waals surface area contributed by atoms with Gasteiger partial charge in [-0.2, -0.15) is 0 Å². The van der Waals surface area contributed by atoms with Gasteiger partial charge in [-0.3, -0.25) is 0 Å². The quantitative estimate of drug-likeness (QED) is 0.741. The van der Waals surface area contributed by atoms with Crippen LogP contribution in [0.2, 0.25) is 5.02 Å². The maximum Gasteiger partial charge on any atom is 0.0639 e. The summed E-state index contributed by atoms with van der Waals surface area (Å²) in [7, 11) is 1.98. The molecule has 1 N–H and O–H groups in total. The van der Waals surface area contributed by atoms with Crippen molar-refractivity contribution < 1.29 is 0 Å². The number of halogens is 1. The third-order valence-corrected chi connectivity index (χ3v) is 2.64. The van der Waals surface area contributed by atoms with Gasteiger partial charge in [-0.25, -0.2) is 0 Å². The third-order valence-electron chi connectivity index (χ3n) is 2.32. The fraction of sp³-hybridized carbons (Fsp3) is 0.400. The first kappa shape index (κ1) is 8.85. The molecular weight excluding hydrogens is 184 g/mol. The van der Waals surface area contributed by atoms with Gasteiger partial charge in [0, 0.05) is 13.1 Å². The molecule has 1 heterocycles. The molecule has 3 heteroatoms. The second kappa shape index (κ2) is 3.56. The zero-order valence-electron chi connectivity index (χ0n) is 7.63. The molecule has 1 aromatic carbocycles. The van der Waals surface area contributed by atoms with Crippen LogP contribution in [0.5, 0.6) is 0 Å². The summed E-state index contributed by atoms with van der Waals surface area (Å²) in [5.41, 5.74) is 1.16. The molecule has 0 spiro atoms. The first-order valence-electron chi connectivity index (χ1n) is 4.48. The van der Waals surface area contributed by atoms with Crippen LogP contribution < -0.4 is 10.2 Å². The van der Waals surface area contributed by atoms with Crippen LogP contribution in [0, 0.1) is 0 Å². The van der Waals surface area contributed by atoms with E-state index in [4.69, 9.17) is 11.6 Å². The predicted octanol–water partition coefficient (Wildman–Crippen LogP) is 1.75. The highest BCUT2D eigenvalue weighted by molar-refractivity contribution is 6.33. The minimum absolute atomic E-state index is 0.630. The van der Waals surface area contributed by atoms with E-state index in [1.807, 2.05) is 25.2 Å². The molecule has 13 heavy (non-hydrogen) atoms. The van der Waals surface area contributed by atoms with Gasteiger partial charge in [-0.15, -0.1) is 0 Å². The molecule has 0 amide bonds. The van der Waals surface area contributed by atoms with E-state index >= 15 is 0 Å². The van der Waals surface area contributed by atoms with Crippen LogP contribution in [0.25, 0.3) is 0 Å². The molecule has 1 unspecified atom stereocenters. The molecule has 1 fully saturated rings. The predicted molar refractivity (Wildman–Crippen MR) is 56.5 cm³/mol. The summed E-state index contributed by atoms with van der Waals surface area (Å²) in [6, 6.07) is 8.62. The second-order valence-electron chi connectivity index (χ2n) is 3.32. The molecule has 1 aromatic rings. The largest absolute Gasteiger partial charge is 0.362 e. The summed E-state index contributed by atoms with van der Waals surface area (Å²) in [6.45, 7) is 2.15. The highest BCUT2D eigenvalue weighted by atomic mass is 35.5. The highest BCUT2D eigenvalue weighted by Crippen LogP contribution is 2.33. The van der Waals surface area contributed by atoms with Crippen LogP contribution in [0.4, 0.5) is 5.69 Å². The van der Waals surface area contributed by atoms with E-state index in [0.29, 0.717) is 6.04 Å². The monoisotopic (exact) mass is 196 g/mol. The lowest BCUT2D eigenvalue weighted by molar-refractivity contribution is 0.791. The number of rotatable bonds is 3. The second-order valence-corrected chi connectivity index (χ2v) is 3.72. The van der Waals surface area contributed by atoms with E-state index in [1.54, 1.807) is 0 Å². The van der Waals surface area contributed by atoms with Gasteiger partial charge < -0.3 is 10.2 Å². The fourth-order valence-electron chi connectivity index (χ4n) is 1.57. The third kappa shape index (κ3) is 1.79. The normalized spacial score (nSPS) is 20.5. The van der Waals surface area contributed by atoms with Crippen molar-refractivity contribution in [1.29, 1.82) is 0 Å². The Morgan fingerprint density at radius 1 is 1.54 bits per heavy atom. The van der Waals surface area contributed by atoms with Gasteiger partial charge in [-0.1, -0.05) is 23.7 Å². The van der Waals surface area contributed by atoms with Crippen molar-refractivity contribution >= 4 is 17.3 Å². The molecule has 1 atom stereocenters. The number of likely N-dealkylation sites (N-methyl/N-ethyl adjacent to an activating group) is 1. The summed E-state index contributed by atoms with van der Waals surface area (Å²) in [4.78, 5) is 2.30. The number of nitrogens with zero attached hydrogens (tertiary/aromatic N) is 1. The van der Waals surface area contributed by atoms with Gasteiger partial charge in [0.1, 0.15) is 0 Å². The van der Waals surface area contributed by atoms with Crippen molar-refractivity contribution in [3.8, 4) is 0 Å². The molecule has 70 valence electrons. The van der Waals surface area contributed by atoms with Crippen LogP contribution in [0.1, 0.15) is 0 Å². The lowest BCUT2D eigenvalue weighted by Crippen LogP contribution is -2.17. The van der Waals surface area contributed by atoms with Gasteiger partial charge in [-0.05, 0) is 19.2 Å². The van der Waals surface area contributed by atoms with Crippen LogP contribution in [0.15, 0.2) is 24.3 Å². The summed E-state index contributed by atoms with van der Waals surface area (Å²) in [5.74, 6) is 0. The summed E-state index contributed by atoms with van der Waals surface area (Å²) >= 11 is 6.06. The number of hydrogen-bond donors (Lipinski definition) is 1. The van der Waals surface area contributed by atoms with Gasteiger partial charge in [0.15, 0.2) is 0 Å². The molecule has 0 radical (unpaired) electrons. The smallest absolute Gasteiger partial charge is 0.0639 e. The van der Waals surface area contributed by atoms with E-state index in [2.05, 4.69) is 16.3 Å². The molecule has 2 nitrogen and oxygen atoms in total. The zero-order chi connectivity index (χ0) is 9.26. The lowest BCUT2D eigenvalue weighted by Gasteiger charge is -2.06. The molecule has 1 aliphatic rings. The van der Waals surface area contributed by atoms with Gasteiger partial charge in [0.2, 0.25) is 0 Å².